The number of nitrogens with zero attached hydrogens (tertiary/aromatic N) is 4. The molecule has 0 amide bonds. The van der Waals surface area contributed by atoms with E-state index in [-0.39, 0.29) is 0 Å². The van der Waals surface area contributed by atoms with E-state index in [4.69, 9.17) is 11.6 Å². The highest BCUT2D eigenvalue weighted by atomic mass is 35.5. The number of likely N-dealkylation sites (tertiary alicyclic amines) is 1. The van der Waals surface area contributed by atoms with Crippen molar-refractivity contribution in [3.8, 4) is 0 Å². The number of hydrogen-bond acceptors (Lipinski definition) is 4. The molecule has 3 heterocycles. The maximum atomic E-state index is 6.05. The van der Waals surface area contributed by atoms with Crippen LogP contribution in [0, 0.1) is 0 Å². The molecule has 2 fully saturated rings. The summed E-state index contributed by atoms with van der Waals surface area (Å²) in [6.07, 6.45) is 4.56. The summed E-state index contributed by atoms with van der Waals surface area (Å²) in [6, 6.07) is 1.22. The Labute approximate surface area is 93.9 Å². The van der Waals surface area contributed by atoms with Crippen molar-refractivity contribution in [3.63, 3.8) is 0 Å². The molecular formula is C10H13ClN4. The summed E-state index contributed by atoms with van der Waals surface area (Å²) in [4.78, 5) is 13.1. The Morgan fingerprint density at radius 1 is 1.27 bits per heavy atom. The summed E-state index contributed by atoms with van der Waals surface area (Å²) in [5.41, 5.74) is 0. The Hall–Kier alpha value is -0.870. The van der Waals surface area contributed by atoms with Gasteiger partial charge in [0.1, 0.15) is 0 Å². The van der Waals surface area contributed by atoms with Gasteiger partial charge in [-0.15, -0.1) is 0 Å². The lowest BCUT2D eigenvalue weighted by Gasteiger charge is -2.32. The third-order valence-corrected chi connectivity index (χ3v) is 3.69. The SMILES string of the molecule is CN1CC2CC1CN2c1nccnc1Cl. The molecule has 1 aromatic rings. The van der Waals surface area contributed by atoms with Crippen molar-refractivity contribution in [2.45, 2.75) is 18.5 Å². The van der Waals surface area contributed by atoms with Crippen LogP contribution < -0.4 is 4.90 Å². The number of anilines is 1. The molecule has 0 radical (unpaired) electrons. The first-order valence-corrected chi connectivity index (χ1v) is 5.57. The van der Waals surface area contributed by atoms with Crippen molar-refractivity contribution < 1.29 is 0 Å². The minimum atomic E-state index is 0.521. The van der Waals surface area contributed by atoms with Crippen LogP contribution in [0.5, 0.6) is 0 Å². The number of hydrogen-bond donors (Lipinski definition) is 0. The fourth-order valence-electron chi connectivity index (χ4n) is 2.63. The van der Waals surface area contributed by atoms with Gasteiger partial charge in [-0.2, -0.15) is 0 Å². The summed E-state index contributed by atoms with van der Waals surface area (Å²) in [5.74, 6) is 0.847. The molecule has 2 bridgehead atoms. The Morgan fingerprint density at radius 3 is 2.67 bits per heavy atom. The zero-order chi connectivity index (χ0) is 10.4. The average molecular weight is 225 g/mol. The molecule has 3 rings (SSSR count). The summed E-state index contributed by atoms with van der Waals surface area (Å²) in [6.45, 7) is 2.14. The van der Waals surface area contributed by atoms with Crippen LogP contribution in [0.25, 0.3) is 0 Å². The van der Waals surface area contributed by atoms with E-state index in [9.17, 15) is 0 Å². The molecule has 0 N–H and O–H groups in total. The molecule has 0 aromatic carbocycles. The first-order chi connectivity index (χ1) is 7.25. The highest BCUT2D eigenvalue weighted by molar-refractivity contribution is 6.31. The van der Waals surface area contributed by atoms with E-state index in [1.54, 1.807) is 12.4 Å². The van der Waals surface area contributed by atoms with Crippen molar-refractivity contribution >= 4 is 17.4 Å². The van der Waals surface area contributed by atoms with E-state index in [0.29, 0.717) is 17.2 Å². The molecule has 0 saturated carbocycles. The smallest absolute Gasteiger partial charge is 0.171 e. The molecular weight excluding hydrogens is 212 g/mol. The van der Waals surface area contributed by atoms with E-state index in [1.807, 2.05) is 0 Å². The molecule has 0 aliphatic carbocycles. The molecule has 5 heteroatoms. The van der Waals surface area contributed by atoms with Gasteiger partial charge < -0.3 is 4.90 Å². The maximum absolute atomic E-state index is 6.05. The van der Waals surface area contributed by atoms with Crippen molar-refractivity contribution in [3.05, 3.63) is 17.5 Å². The fourth-order valence-corrected chi connectivity index (χ4v) is 2.85. The van der Waals surface area contributed by atoms with Crippen LogP contribution in [0.3, 0.4) is 0 Å². The van der Waals surface area contributed by atoms with Crippen LogP contribution in [-0.2, 0) is 0 Å². The number of rotatable bonds is 1. The highest BCUT2D eigenvalue weighted by Crippen LogP contribution is 2.34. The van der Waals surface area contributed by atoms with Crippen LogP contribution >= 0.6 is 11.6 Å². The van der Waals surface area contributed by atoms with E-state index >= 15 is 0 Å². The van der Waals surface area contributed by atoms with Crippen LogP contribution in [-0.4, -0.2) is 47.1 Å². The molecule has 1 aromatic heterocycles. The van der Waals surface area contributed by atoms with Crippen molar-refractivity contribution in [1.29, 1.82) is 0 Å². The Bertz CT molecular complexity index is 381. The van der Waals surface area contributed by atoms with E-state index in [1.165, 1.54) is 6.42 Å². The molecule has 4 nitrogen and oxygen atoms in total. The van der Waals surface area contributed by atoms with Gasteiger partial charge in [0.2, 0.25) is 0 Å². The van der Waals surface area contributed by atoms with E-state index in [0.717, 1.165) is 18.9 Å². The van der Waals surface area contributed by atoms with Gasteiger partial charge in [0.25, 0.3) is 0 Å². The second-order valence-electron chi connectivity index (χ2n) is 4.31. The third-order valence-electron chi connectivity index (χ3n) is 3.42. The minimum absolute atomic E-state index is 0.521. The topological polar surface area (TPSA) is 32.3 Å². The predicted octanol–water partition coefficient (Wildman–Crippen LogP) is 1.02. The van der Waals surface area contributed by atoms with Gasteiger partial charge in [-0.1, -0.05) is 11.6 Å². The summed E-state index contributed by atoms with van der Waals surface area (Å²) in [5, 5.41) is 0.521. The molecule has 80 valence electrons. The second-order valence-corrected chi connectivity index (χ2v) is 4.66. The Morgan fingerprint density at radius 2 is 2.07 bits per heavy atom. The largest absolute Gasteiger partial charge is 0.348 e. The van der Waals surface area contributed by atoms with E-state index in [2.05, 4.69) is 26.8 Å². The zero-order valence-electron chi connectivity index (χ0n) is 8.60. The molecule has 15 heavy (non-hydrogen) atoms. The number of aromatic nitrogens is 2. The van der Waals surface area contributed by atoms with Crippen molar-refractivity contribution in [1.82, 2.24) is 14.9 Å². The van der Waals surface area contributed by atoms with Crippen LogP contribution in [0.1, 0.15) is 6.42 Å². The standard InChI is InChI=1S/C10H13ClN4/c1-14-5-8-4-7(14)6-15(8)10-9(11)12-2-3-13-10/h2-3,7-8H,4-6H2,1H3. The van der Waals surface area contributed by atoms with Crippen molar-refractivity contribution in [2.24, 2.45) is 0 Å². The van der Waals surface area contributed by atoms with E-state index < -0.39 is 0 Å². The monoisotopic (exact) mass is 224 g/mol. The lowest BCUT2D eigenvalue weighted by molar-refractivity contribution is 0.292. The fraction of sp³-hybridized carbons (Fsp3) is 0.600. The van der Waals surface area contributed by atoms with Gasteiger partial charge in [0.15, 0.2) is 11.0 Å². The molecule has 2 aliphatic heterocycles. The minimum Gasteiger partial charge on any atom is -0.348 e. The molecule has 2 unspecified atom stereocenters. The summed E-state index contributed by atoms with van der Waals surface area (Å²) < 4.78 is 0. The first kappa shape index (κ1) is 9.36. The molecule has 0 spiro atoms. The Kier molecular flexibility index (Phi) is 2.07. The number of halogens is 1. The normalized spacial score (nSPS) is 30.1. The van der Waals surface area contributed by atoms with Crippen LogP contribution in [0.2, 0.25) is 5.15 Å². The van der Waals surface area contributed by atoms with Gasteiger partial charge in [0.05, 0.1) is 0 Å². The summed E-state index contributed by atoms with van der Waals surface area (Å²) in [7, 11) is 2.18. The predicted molar refractivity (Wildman–Crippen MR) is 59.2 cm³/mol. The van der Waals surface area contributed by atoms with Crippen LogP contribution in [0.15, 0.2) is 12.4 Å². The van der Waals surface area contributed by atoms with Gasteiger partial charge >= 0.3 is 0 Å². The summed E-state index contributed by atoms with van der Waals surface area (Å²) >= 11 is 6.05. The van der Waals surface area contributed by atoms with Gasteiger partial charge in [-0.25, -0.2) is 9.97 Å². The number of piperazine rings is 1. The lowest BCUT2D eigenvalue weighted by atomic mass is 10.2. The van der Waals surface area contributed by atoms with Gasteiger partial charge in [-0.05, 0) is 13.5 Å². The third kappa shape index (κ3) is 1.40. The highest BCUT2D eigenvalue weighted by Gasteiger charge is 2.42. The lowest BCUT2D eigenvalue weighted by Crippen LogP contribution is -2.45. The number of fused-ring (bicyclic) bond motifs is 2. The Balaban J connectivity index is 1.89. The quantitative estimate of drug-likeness (QED) is 0.713. The first-order valence-electron chi connectivity index (χ1n) is 5.19. The molecule has 2 aliphatic rings. The van der Waals surface area contributed by atoms with Gasteiger partial charge in [0, 0.05) is 37.6 Å². The zero-order valence-corrected chi connectivity index (χ0v) is 9.35. The average Bonchev–Trinajstić information content (AvgIpc) is 2.77. The van der Waals surface area contributed by atoms with Crippen LogP contribution in [0.4, 0.5) is 5.82 Å². The second kappa shape index (κ2) is 3.32. The molecule has 2 atom stereocenters. The maximum Gasteiger partial charge on any atom is 0.171 e. The van der Waals surface area contributed by atoms with Crippen molar-refractivity contribution in [2.75, 3.05) is 25.0 Å². The number of likely N-dealkylation sites (N-methyl/N-ethyl adjacent to an activating group) is 1. The molecule has 2 saturated heterocycles. The van der Waals surface area contributed by atoms with Gasteiger partial charge in [-0.3, -0.25) is 4.90 Å².